The Morgan fingerprint density at radius 3 is 2.55 bits per heavy atom. The van der Waals surface area contributed by atoms with Gasteiger partial charge in [-0.3, -0.25) is 19.3 Å². The lowest BCUT2D eigenvalue weighted by Crippen LogP contribution is -2.27. The first-order valence-electron chi connectivity index (χ1n) is 12.6. The molecule has 40 heavy (non-hydrogen) atoms. The van der Waals surface area contributed by atoms with Gasteiger partial charge < -0.3 is 14.8 Å². The zero-order valence-electron chi connectivity index (χ0n) is 21.6. The molecule has 0 radical (unpaired) electrons. The van der Waals surface area contributed by atoms with Crippen LogP contribution in [0.25, 0.3) is 16.8 Å². The van der Waals surface area contributed by atoms with Gasteiger partial charge in [-0.25, -0.2) is 0 Å². The second-order valence-corrected chi connectivity index (χ2v) is 10.4. The number of anilines is 1. The fourth-order valence-corrected chi connectivity index (χ4v) is 5.24. The molecule has 3 amide bonds. The fourth-order valence-electron chi connectivity index (χ4n) is 4.22. The first-order chi connectivity index (χ1) is 19.4. The number of hydrogen-bond acceptors (Lipinski definition) is 6. The summed E-state index contributed by atoms with van der Waals surface area (Å²) < 4.78 is 11.4. The largest absolute Gasteiger partial charge is 0.490 e. The van der Waals surface area contributed by atoms with Crippen LogP contribution in [0.4, 0.5) is 10.5 Å². The zero-order valence-corrected chi connectivity index (χ0v) is 23.1. The Hall–Kier alpha value is -4.27. The molecule has 5 rings (SSSR count). The molecule has 1 saturated heterocycles. The molecule has 1 heterocycles. The summed E-state index contributed by atoms with van der Waals surface area (Å²) in [7, 11) is 0. The van der Waals surface area contributed by atoms with Gasteiger partial charge in [-0.05, 0) is 83.1 Å². The molecule has 1 fully saturated rings. The maximum absolute atomic E-state index is 13.1. The highest BCUT2D eigenvalue weighted by Crippen LogP contribution is 2.35. The van der Waals surface area contributed by atoms with Gasteiger partial charge in [-0.1, -0.05) is 60.1 Å². The van der Waals surface area contributed by atoms with Gasteiger partial charge in [0.25, 0.3) is 17.1 Å². The van der Waals surface area contributed by atoms with E-state index in [-0.39, 0.29) is 30.2 Å². The third kappa shape index (κ3) is 6.47. The minimum Gasteiger partial charge on any atom is -0.490 e. The molecule has 0 unspecified atom stereocenters. The van der Waals surface area contributed by atoms with Crippen molar-refractivity contribution in [2.24, 2.45) is 0 Å². The third-order valence-electron chi connectivity index (χ3n) is 6.06. The highest BCUT2D eigenvalue weighted by molar-refractivity contribution is 8.18. The highest BCUT2D eigenvalue weighted by atomic mass is 35.5. The van der Waals surface area contributed by atoms with Crippen molar-refractivity contribution >= 4 is 63.0 Å². The number of carbonyl (C=O) groups is 3. The van der Waals surface area contributed by atoms with Crippen LogP contribution < -0.4 is 14.8 Å². The van der Waals surface area contributed by atoms with Crippen LogP contribution in [0.1, 0.15) is 18.1 Å². The third-order valence-corrected chi connectivity index (χ3v) is 7.20. The van der Waals surface area contributed by atoms with Gasteiger partial charge in [0.2, 0.25) is 0 Å². The quantitative estimate of drug-likeness (QED) is 0.214. The minimum absolute atomic E-state index is 0.196. The Morgan fingerprint density at radius 2 is 1.75 bits per heavy atom. The van der Waals surface area contributed by atoms with Gasteiger partial charge in [0.15, 0.2) is 18.1 Å². The molecular weight excluding hydrogens is 548 g/mol. The Kier molecular flexibility index (Phi) is 8.38. The molecule has 4 aromatic carbocycles. The van der Waals surface area contributed by atoms with E-state index < -0.39 is 0 Å². The van der Waals surface area contributed by atoms with Crippen molar-refractivity contribution in [3.63, 3.8) is 0 Å². The smallest absolute Gasteiger partial charge is 0.293 e. The Balaban J connectivity index is 1.27. The number of halogens is 1. The number of thioether (sulfide) groups is 1. The molecule has 0 aliphatic carbocycles. The number of hydrogen-bond donors (Lipinski definition) is 1. The number of benzene rings is 4. The molecule has 0 aromatic heterocycles. The fraction of sp³-hybridized carbons (Fsp3) is 0.129. The van der Waals surface area contributed by atoms with Crippen molar-refractivity contribution in [2.45, 2.75) is 13.5 Å². The molecule has 0 saturated carbocycles. The first kappa shape index (κ1) is 27.3. The predicted molar refractivity (Wildman–Crippen MR) is 159 cm³/mol. The summed E-state index contributed by atoms with van der Waals surface area (Å²) in [5.41, 5.74) is 2.10. The number of imide groups is 1. The lowest BCUT2D eigenvalue weighted by Gasteiger charge is -2.13. The monoisotopic (exact) mass is 572 g/mol. The highest BCUT2D eigenvalue weighted by Gasteiger charge is 2.35. The number of ether oxygens (including phenoxy) is 2. The molecule has 7 nitrogen and oxygen atoms in total. The summed E-state index contributed by atoms with van der Waals surface area (Å²) in [6.07, 6.45) is 1.66. The maximum atomic E-state index is 13.1. The normalized spacial score (nSPS) is 14.2. The Morgan fingerprint density at radius 1 is 0.925 bits per heavy atom. The summed E-state index contributed by atoms with van der Waals surface area (Å²) in [6, 6.07) is 25.8. The van der Waals surface area contributed by atoms with Crippen LogP contribution in [0.2, 0.25) is 5.02 Å². The number of fused-ring (bicyclic) bond motifs is 1. The number of rotatable bonds is 9. The van der Waals surface area contributed by atoms with E-state index in [2.05, 4.69) is 5.32 Å². The summed E-state index contributed by atoms with van der Waals surface area (Å²) in [5, 5.41) is 5.07. The van der Waals surface area contributed by atoms with Gasteiger partial charge in [-0.2, -0.15) is 0 Å². The summed E-state index contributed by atoms with van der Waals surface area (Å²) in [4.78, 5) is 39.8. The molecule has 0 spiro atoms. The lowest BCUT2D eigenvalue weighted by molar-refractivity contribution is -0.123. The van der Waals surface area contributed by atoms with Gasteiger partial charge in [-0.15, -0.1) is 0 Å². The Bertz CT molecular complexity index is 1640. The van der Waals surface area contributed by atoms with Gasteiger partial charge in [0, 0.05) is 10.7 Å². The van der Waals surface area contributed by atoms with E-state index in [1.807, 2.05) is 49.4 Å². The molecule has 4 aromatic rings. The van der Waals surface area contributed by atoms with Crippen LogP contribution in [0.15, 0.2) is 89.8 Å². The van der Waals surface area contributed by atoms with E-state index in [0.717, 1.165) is 28.1 Å². The standard InChI is InChI=1S/C31H25ClN2O5S/c1-2-38-27-15-20(11-13-26(27)39-19-29(35)33-25-9-5-8-24(32)17-25)16-28-30(36)34(31(37)40-28)18-21-10-12-22-6-3-4-7-23(22)14-21/h3-17H,2,18-19H2,1H3,(H,33,35)/b28-16-. The average molecular weight is 573 g/mol. The number of carbonyl (C=O) groups excluding carboxylic acids is 3. The molecule has 9 heteroatoms. The average Bonchev–Trinajstić information content (AvgIpc) is 3.20. The van der Waals surface area contributed by atoms with Gasteiger partial charge in [0.05, 0.1) is 18.1 Å². The van der Waals surface area contributed by atoms with Crippen LogP contribution in [-0.2, 0) is 16.1 Å². The maximum Gasteiger partial charge on any atom is 0.293 e. The minimum atomic E-state index is -0.353. The second kappa shape index (κ2) is 12.3. The van der Waals surface area contributed by atoms with Gasteiger partial charge >= 0.3 is 0 Å². The van der Waals surface area contributed by atoms with E-state index >= 15 is 0 Å². The summed E-state index contributed by atoms with van der Waals surface area (Å²) >= 11 is 6.87. The van der Waals surface area contributed by atoms with Crippen molar-refractivity contribution in [2.75, 3.05) is 18.5 Å². The lowest BCUT2D eigenvalue weighted by atomic mass is 10.1. The SMILES string of the molecule is CCOc1cc(/C=C2\SC(=O)N(Cc3ccc4ccccc4c3)C2=O)ccc1OCC(=O)Nc1cccc(Cl)c1. The molecule has 1 N–H and O–H groups in total. The molecule has 202 valence electrons. The van der Waals surface area contributed by atoms with E-state index in [1.165, 1.54) is 4.90 Å². The van der Waals surface area contributed by atoms with Crippen molar-refractivity contribution in [1.82, 2.24) is 4.90 Å². The van der Waals surface area contributed by atoms with E-state index in [4.69, 9.17) is 21.1 Å². The van der Waals surface area contributed by atoms with Crippen molar-refractivity contribution in [3.8, 4) is 11.5 Å². The zero-order chi connectivity index (χ0) is 28.1. The molecule has 1 aliphatic rings. The van der Waals surface area contributed by atoms with Crippen LogP contribution in [0.5, 0.6) is 11.5 Å². The van der Waals surface area contributed by atoms with Crippen LogP contribution in [0.3, 0.4) is 0 Å². The molecular formula is C31H25ClN2O5S. The van der Waals surface area contributed by atoms with E-state index in [1.54, 1.807) is 48.5 Å². The molecule has 0 atom stereocenters. The van der Waals surface area contributed by atoms with E-state index in [0.29, 0.717) is 39.3 Å². The molecule has 1 aliphatic heterocycles. The summed E-state index contributed by atoms with van der Waals surface area (Å²) in [5.74, 6) is 0.0971. The van der Waals surface area contributed by atoms with Gasteiger partial charge in [0.1, 0.15) is 0 Å². The second-order valence-electron chi connectivity index (χ2n) is 8.94. The van der Waals surface area contributed by atoms with Crippen molar-refractivity contribution in [1.29, 1.82) is 0 Å². The topological polar surface area (TPSA) is 84.9 Å². The van der Waals surface area contributed by atoms with Crippen molar-refractivity contribution < 1.29 is 23.9 Å². The number of amides is 3. The van der Waals surface area contributed by atoms with Crippen LogP contribution in [-0.4, -0.2) is 35.2 Å². The van der Waals surface area contributed by atoms with Crippen molar-refractivity contribution in [3.05, 3.63) is 106 Å². The van der Waals surface area contributed by atoms with Crippen LogP contribution in [0, 0.1) is 0 Å². The van der Waals surface area contributed by atoms with Crippen LogP contribution >= 0.6 is 23.4 Å². The number of nitrogens with one attached hydrogen (secondary N) is 1. The predicted octanol–water partition coefficient (Wildman–Crippen LogP) is 7.15. The Labute approximate surface area is 240 Å². The first-order valence-corrected chi connectivity index (χ1v) is 13.8. The number of nitrogens with zero attached hydrogens (tertiary/aromatic N) is 1. The molecule has 0 bridgehead atoms. The van der Waals surface area contributed by atoms with E-state index in [9.17, 15) is 14.4 Å². The summed E-state index contributed by atoms with van der Waals surface area (Å²) in [6.45, 7) is 2.16.